The van der Waals surface area contributed by atoms with Crippen LogP contribution in [0.4, 0.5) is 0 Å². The van der Waals surface area contributed by atoms with E-state index >= 15 is 0 Å². The zero-order valence-electron chi connectivity index (χ0n) is 12.4. The molecule has 2 unspecified atom stereocenters. The molecule has 20 heavy (non-hydrogen) atoms. The zero-order valence-corrected chi connectivity index (χ0v) is 12.4. The van der Waals surface area contributed by atoms with E-state index in [4.69, 9.17) is 0 Å². The molecule has 0 spiro atoms. The van der Waals surface area contributed by atoms with Gasteiger partial charge in [0.1, 0.15) is 0 Å². The predicted molar refractivity (Wildman–Crippen MR) is 87.2 cm³/mol. The standard InChI is InChI=1S/C19H25N/c1-2-20-14-16-9-4-6-12-18(16)19-13-7-10-15-8-3-5-11-17(15)19/h3,5,7-8,10-11,13,16,18,20H,2,4,6,9,12,14H2,1H3. The summed E-state index contributed by atoms with van der Waals surface area (Å²) in [6.07, 6.45) is 5.51. The molecule has 2 atom stereocenters. The maximum absolute atomic E-state index is 3.57. The summed E-state index contributed by atoms with van der Waals surface area (Å²) in [7, 11) is 0. The average molecular weight is 267 g/mol. The normalized spacial score (nSPS) is 23.1. The second-order valence-electron chi connectivity index (χ2n) is 6.03. The number of benzene rings is 2. The fraction of sp³-hybridized carbons (Fsp3) is 0.474. The van der Waals surface area contributed by atoms with Crippen LogP contribution in [0, 0.1) is 5.92 Å². The molecule has 0 aromatic heterocycles. The second kappa shape index (κ2) is 6.41. The average Bonchev–Trinajstić information content (AvgIpc) is 2.53. The van der Waals surface area contributed by atoms with Crippen molar-refractivity contribution in [1.29, 1.82) is 0 Å². The van der Waals surface area contributed by atoms with Crippen molar-refractivity contribution in [1.82, 2.24) is 5.32 Å². The Balaban J connectivity index is 1.95. The maximum atomic E-state index is 3.57. The van der Waals surface area contributed by atoms with Crippen molar-refractivity contribution in [3.05, 3.63) is 48.0 Å². The summed E-state index contributed by atoms with van der Waals surface area (Å²) in [5.41, 5.74) is 1.57. The lowest BCUT2D eigenvalue weighted by molar-refractivity contribution is 0.298. The highest BCUT2D eigenvalue weighted by molar-refractivity contribution is 5.86. The topological polar surface area (TPSA) is 12.0 Å². The van der Waals surface area contributed by atoms with Gasteiger partial charge in [-0.05, 0) is 54.1 Å². The molecule has 3 rings (SSSR count). The summed E-state index contributed by atoms with van der Waals surface area (Å²) in [4.78, 5) is 0. The third-order valence-corrected chi connectivity index (χ3v) is 4.79. The molecule has 1 aliphatic rings. The van der Waals surface area contributed by atoms with E-state index in [0.717, 1.165) is 18.4 Å². The number of hydrogen-bond donors (Lipinski definition) is 1. The third kappa shape index (κ3) is 2.73. The van der Waals surface area contributed by atoms with Crippen molar-refractivity contribution in [3.63, 3.8) is 0 Å². The molecule has 2 aromatic rings. The van der Waals surface area contributed by atoms with Gasteiger partial charge in [0, 0.05) is 0 Å². The lowest BCUT2D eigenvalue weighted by Gasteiger charge is -2.33. The van der Waals surface area contributed by atoms with Crippen LogP contribution in [0.3, 0.4) is 0 Å². The summed E-state index contributed by atoms with van der Waals surface area (Å²) >= 11 is 0. The molecule has 106 valence electrons. The summed E-state index contributed by atoms with van der Waals surface area (Å²) in [6.45, 7) is 4.46. The fourth-order valence-corrected chi connectivity index (χ4v) is 3.76. The highest BCUT2D eigenvalue weighted by Gasteiger charge is 2.27. The smallest absolute Gasteiger partial charge is 0.00148 e. The van der Waals surface area contributed by atoms with Crippen molar-refractivity contribution < 1.29 is 0 Å². The molecule has 0 amide bonds. The Labute approximate surface area is 122 Å². The number of rotatable bonds is 4. The van der Waals surface area contributed by atoms with Crippen LogP contribution in [0.25, 0.3) is 10.8 Å². The van der Waals surface area contributed by atoms with Gasteiger partial charge >= 0.3 is 0 Å². The monoisotopic (exact) mass is 267 g/mol. The molecule has 0 saturated heterocycles. The molecule has 0 aliphatic heterocycles. The third-order valence-electron chi connectivity index (χ3n) is 4.79. The van der Waals surface area contributed by atoms with E-state index < -0.39 is 0 Å². The minimum atomic E-state index is 0.730. The molecule has 0 radical (unpaired) electrons. The van der Waals surface area contributed by atoms with Gasteiger partial charge in [-0.1, -0.05) is 62.2 Å². The first-order valence-electron chi connectivity index (χ1n) is 8.08. The Kier molecular flexibility index (Phi) is 4.37. The SMILES string of the molecule is CCNCC1CCCCC1c1cccc2ccccc12. The van der Waals surface area contributed by atoms with Crippen LogP contribution in [0.15, 0.2) is 42.5 Å². The van der Waals surface area contributed by atoms with Gasteiger partial charge in [0.05, 0.1) is 0 Å². The van der Waals surface area contributed by atoms with Crippen molar-refractivity contribution in [2.45, 2.75) is 38.5 Å². The molecular weight excluding hydrogens is 242 g/mol. The Hall–Kier alpha value is -1.34. The van der Waals surface area contributed by atoms with Crippen molar-refractivity contribution in [2.24, 2.45) is 5.92 Å². The molecule has 1 nitrogen and oxygen atoms in total. The van der Waals surface area contributed by atoms with Crippen molar-refractivity contribution in [3.8, 4) is 0 Å². The van der Waals surface area contributed by atoms with E-state index in [9.17, 15) is 0 Å². The van der Waals surface area contributed by atoms with Crippen LogP contribution in [0.5, 0.6) is 0 Å². The van der Waals surface area contributed by atoms with Crippen LogP contribution in [-0.2, 0) is 0 Å². The van der Waals surface area contributed by atoms with Crippen LogP contribution in [0.1, 0.15) is 44.1 Å². The Morgan fingerprint density at radius 2 is 1.80 bits per heavy atom. The first-order valence-corrected chi connectivity index (χ1v) is 8.08. The molecule has 1 heteroatoms. The van der Waals surface area contributed by atoms with Crippen LogP contribution >= 0.6 is 0 Å². The van der Waals surface area contributed by atoms with Gasteiger partial charge in [0.15, 0.2) is 0 Å². The quantitative estimate of drug-likeness (QED) is 0.845. The van der Waals surface area contributed by atoms with Gasteiger partial charge in [-0.25, -0.2) is 0 Å². The minimum Gasteiger partial charge on any atom is -0.317 e. The second-order valence-corrected chi connectivity index (χ2v) is 6.03. The van der Waals surface area contributed by atoms with E-state index in [1.165, 1.54) is 43.0 Å². The molecule has 0 heterocycles. The Morgan fingerprint density at radius 3 is 2.70 bits per heavy atom. The van der Waals surface area contributed by atoms with Crippen LogP contribution < -0.4 is 5.32 Å². The first kappa shape index (κ1) is 13.6. The van der Waals surface area contributed by atoms with Crippen LogP contribution in [-0.4, -0.2) is 13.1 Å². The molecule has 1 saturated carbocycles. The predicted octanol–water partition coefficient (Wildman–Crippen LogP) is 4.72. The summed E-state index contributed by atoms with van der Waals surface area (Å²) in [5.74, 6) is 1.53. The largest absolute Gasteiger partial charge is 0.317 e. The van der Waals surface area contributed by atoms with Crippen molar-refractivity contribution >= 4 is 10.8 Å². The van der Waals surface area contributed by atoms with E-state index in [1.54, 1.807) is 5.56 Å². The zero-order chi connectivity index (χ0) is 13.8. The highest BCUT2D eigenvalue weighted by Crippen LogP contribution is 2.40. The number of fused-ring (bicyclic) bond motifs is 1. The van der Waals surface area contributed by atoms with Crippen molar-refractivity contribution in [2.75, 3.05) is 13.1 Å². The first-order chi connectivity index (χ1) is 9.90. The van der Waals surface area contributed by atoms with E-state index in [-0.39, 0.29) is 0 Å². The molecule has 0 bridgehead atoms. The van der Waals surface area contributed by atoms with Crippen LogP contribution in [0.2, 0.25) is 0 Å². The van der Waals surface area contributed by atoms with E-state index in [1.807, 2.05) is 0 Å². The van der Waals surface area contributed by atoms with Gasteiger partial charge in [-0.2, -0.15) is 0 Å². The molecule has 1 N–H and O–H groups in total. The van der Waals surface area contributed by atoms with E-state index in [0.29, 0.717) is 0 Å². The lowest BCUT2D eigenvalue weighted by Crippen LogP contribution is -2.29. The molecular formula is C19H25N. The summed E-state index contributed by atoms with van der Waals surface area (Å²) in [6, 6.07) is 15.7. The fourth-order valence-electron chi connectivity index (χ4n) is 3.76. The van der Waals surface area contributed by atoms with E-state index in [2.05, 4.69) is 54.7 Å². The van der Waals surface area contributed by atoms with Gasteiger partial charge in [-0.3, -0.25) is 0 Å². The van der Waals surface area contributed by atoms with Gasteiger partial charge in [0.25, 0.3) is 0 Å². The number of hydrogen-bond acceptors (Lipinski definition) is 1. The molecule has 2 aromatic carbocycles. The van der Waals surface area contributed by atoms with Gasteiger partial charge in [-0.15, -0.1) is 0 Å². The number of nitrogens with one attached hydrogen (secondary N) is 1. The van der Waals surface area contributed by atoms with Gasteiger partial charge < -0.3 is 5.32 Å². The molecule has 1 aliphatic carbocycles. The summed E-state index contributed by atoms with van der Waals surface area (Å²) < 4.78 is 0. The Morgan fingerprint density at radius 1 is 1.00 bits per heavy atom. The maximum Gasteiger partial charge on any atom is -0.00148 e. The summed E-state index contributed by atoms with van der Waals surface area (Å²) in [5, 5.41) is 6.41. The molecule has 1 fully saturated rings. The minimum absolute atomic E-state index is 0.730. The van der Waals surface area contributed by atoms with Gasteiger partial charge in [0.2, 0.25) is 0 Å². The lowest BCUT2D eigenvalue weighted by atomic mass is 9.74. The Bertz CT molecular complexity index is 555. The highest BCUT2D eigenvalue weighted by atomic mass is 14.8.